The van der Waals surface area contributed by atoms with E-state index >= 15 is 0 Å². The lowest BCUT2D eigenvalue weighted by Crippen LogP contribution is -2.20. The second kappa shape index (κ2) is 5.42. The van der Waals surface area contributed by atoms with E-state index in [4.69, 9.17) is 10.5 Å². The molecule has 2 N–H and O–H groups in total. The summed E-state index contributed by atoms with van der Waals surface area (Å²) < 4.78 is 6.61. The third-order valence-corrected chi connectivity index (χ3v) is 2.94. The highest BCUT2D eigenvalue weighted by molar-refractivity contribution is 9.10. The van der Waals surface area contributed by atoms with Gasteiger partial charge in [-0.05, 0) is 26.2 Å². The van der Waals surface area contributed by atoms with E-state index in [1.165, 1.54) is 0 Å². The van der Waals surface area contributed by atoms with Gasteiger partial charge in [-0.3, -0.25) is 0 Å². The standard InChI is InChI=1S/C10H16BBrN2O/c1-14(2)3-4-15-10-6-8(12)7(11)5-9(10)13/h5-6H,3-4,11,13H2,1-2H3. The summed E-state index contributed by atoms with van der Waals surface area (Å²) in [6, 6.07) is 3.83. The van der Waals surface area contributed by atoms with Crippen molar-refractivity contribution in [3.05, 3.63) is 16.6 Å². The number of likely N-dealkylation sites (N-methyl/N-ethyl adjacent to an activating group) is 1. The van der Waals surface area contributed by atoms with Crippen molar-refractivity contribution < 1.29 is 4.74 Å². The average molecular weight is 271 g/mol. The van der Waals surface area contributed by atoms with Gasteiger partial charge in [0.05, 0.1) is 5.69 Å². The van der Waals surface area contributed by atoms with Crippen molar-refractivity contribution in [3.8, 4) is 5.75 Å². The lowest BCUT2D eigenvalue weighted by atomic mass is 9.96. The SMILES string of the molecule is Bc1cc(N)c(OCCN(C)C)cc1Br. The lowest BCUT2D eigenvalue weighted by molar-refractivity contribution is 0.262. The number of hydrogen-bond donors (Lipinski definition) is 1. The minimum Gasteiger partial charge on any atom is -0.490 e. The molecular formula is C10H16BBrN2O. The Hall–Kier alpha value is -0.675. The molecule has 0 aliphatic carbocycles. The number of hydrogen-bond acceptors (Lipinski definition) is 3. The van der Waals surface area contributed by atoms with Gasteiger partial charge >= 0.3 is 0 Å². The van der Waals surface area contributed by atoms with Gasteiger partial charge in [0.1, 0.15) is 20.2 Å². The maximum Gasteiger partial charge on any atom is 0.143 e. The third kappa shape index (κ3) is 3.76. The quantitative estimate of drug-likeness (QED) is 0.629. The van der Waals surface area contributed by atoms with E-state index < -0.39 is 0 Å². The summed E-state index contributed by atoms with van der Waals surface area (Å²) in [5.74, 6) is 0.745. The van der Waals surface area contributed by atoms with Crippen molar-refractivity contribution in [1.82, 2.24) is 4.90 Å². The van der Waals surface area contributed by atoms with E-state index in [0.717, 1.165) is 22.2 Å². The Balaban J connectivity index is 2.65. The molecule has 0 aliphatic rings. The normalized spacial score (nSPS) is 10.7. The first-order chi connectivity index (χ1) is 7.00. The summed E-state index contributed by atoms with van der Waals surface area (Å²) in [4.78, 5) is 2.07. The van der Waals surface area contributed by atoms with Gasteiger partial charge in [-0.2, -0.15) is 0 Å². The van der Waals surface area contributed by atoms with Crippen LogP contribution in [0.2, 0.25) is 0 Å². The van der Waals surface area contributed by atoms with Crippen LogP contribution in [0, 0.1) is 0 Å². The predicted molar refractivity (Wildman–Crippen MR) is 70.8 cm³/mol. The van der Waals surface area contributed by atoms with E-state index in [2.05, 4.69) is 20.8 Å². The molecule has 0 radical (unpaired) electrons. The Morgan fingerprint density at radius 2 is 2.13 bits per heavy atom. The van der Waals surface area contributed by atoms with Crippen LogP contribution in [-0.2, 0) is 0 Å². The maximum absolute atomic E-state index is 5.85. The predicted octanol–water partition coefficient (Wildman–Crippen LogP) is 0.230. The summed E-state index contributed by atoms with van der Waals surface area (Å²) in [5, 5.41) is 0. The molecule has 3 nitrogen and oxygen atoms in total. The molecule has 1 aromatic carbocycles. The number of rotatable bonds is 4. The van der Waals surface area contributed by atoms with Gasteiger partial charge in [-0.1, -0.05) is 21.4 Å². The summed E-state index contributed by atoms with van der Waals surface area (Å²) in [6.07, 6.45) is 0. The van der Waals surface area contributed by atoms with Crippen LogP contribution in [0.5, 0.6) is 5.75 Å². The van der Waals surface area contributed by atoms with Gasteiger partial charge < -0.3 is 15.4 Å². The van der Waals surface area contributed by atoms with E-state index in [-0.39, 0.29) is 0 Å². The number of nitrogen functional groups attached to an aromatic ring is 1. The van der Waals surface area contributed by atoms with Crippen LogP contribution >= 0.6 is 15.9 Å². The zero-order valence-electron chi connectivity index (χ0n) is 9.38. The molecule has 1 rings (SSSR count). The molecule has 0 bridgehead atoms. The second-order valence-corrected chi connectivity index (χ2v) is 4.65. The molecule has 0 saturated carbocycles. The molecule has 0 amide bonds. The molecular weight excluding hydrogens is 255 g/mol. The van der Waals surface area contributed by atoms with Gasteiger partial charge in [-0.15, -0.1) is 0 Å². The summed E-state index contributed by atoms with van der Waals surface area (Å²) in [5.41, 5.74) is 7.66. The Kier molecular flexibility index (Phi) is 4.48. The van der Waals surface area contributed by atoms with Gasteiger partial charge in [0, 0.05) is 11.0 Å². The minimum absolute atomic E-state index is 0.646. The fraction of sp³-hybridized carbons (Fsp3) is 0.400. The second-order valence-electron chi connectivity index (χ2n) is 3.79. The molecule has 0 fully saturated rings. The molecule has 0 aliphatic heterocycles. The highest BCUT2D eigenvalue weighted by Gasteiger charge is 2.04. The largest absolute Gasteiger partial charge is 0.490 e. The molecule has 0 atom stereocenters. The Labute approximate surface area is 100 Å². The van der Waals surface area contributed by atoms with Gasteiger partial charge in [-0.25, -0.2) is 0 Å². The van der Waals surface area contributed by atoms with Crippen molar-refractivity contribution in [3.63, 3.8) is 0 Å². The van der Waals surface area contributed by atoms with Crippen LogP contribution in [-0.4, -0.2) is 40.0 Å². The zero-order chi connectivity index (χ0) is 11.4. The highest BCUT2D eigenvalue weighted by atomic mass is 79.9. The van der Waals surface area contributed by atoms with Crippen molar-refractivity contribution in [1.29, 1.82) is 0 Å². The molecule has 0 heterocycles. The molecule has 5 heteroatoms. The Bertz CT molecular complexity index is 344. The number of anilines is 1. The number of nitrogens with zero attached hydrogens (tertiary/aromatic N) is 1. The number of nitrogens with two attached hydrogens (primary N) is 1. The van der Waals surface area contributed by atoms with E-state index in [0.29, 0.717) is 12.3 Å². The number of halogens is 1. The van der Waals surface area contributed by atoms with Crippen molar-refractivity contribution in [2.24, 2.45) is 0 Å². The topological polar surface area (TPSA) is 38.5 Å². The Morgan fingerprint density at radius 1 is 1.47 bits per heavy atom. The van der Waals surface area contributed by atoms with Crippen molar-refractivity contribution >= 4 is 34.9 Å². The van der Waals surface area contributed by atoms with Gasteiger partial charge in [0.2, 0.25) is 0 Å². The van der Waals surface area contributed by atoms with Crippen LogP contribution in [0.25, 0.3) is 0 Å². The van der Waals surface area contributed by atoms with E-state index in [9.17, 15) is 0 Å². The third-order valence-electron chi connectivity index (χ3n) is 2.09. The first-order valence-electron chi connectivity index (χ1n) is 4.84. The molecule has 0 spiro atoms. The molecule has 0 aromatic heterocycles. The van der Waals surface area contributed by atoms with Crippen molar-refractivity contribution in [2.45, 2.75) is 0 Å². The summed E-state index contributed by atoms with van der Waals surface area (Å²) in [7, 11) is 6.03. The zero-order valence-corrected chi connectivity index (χ0v) is 11.0. The molecule has 0 unspecified atom stereocenters. The summed E-state index contributed by atoms with van der Waals surface area (Å²) in [6.45, 7) is 1.53. The van der Waals surface area contributed by atoms with E-state index in [1.807, 2.05) is 34.1 Å². The monoisotopic (exact) mass is 270 g/mol. The summed E-state index contributed by atoms with van der Waals surface area (Å²) >= 11 is 3.46. The number of benzene rings is 1. The maximum atomic E-state index is 5.85. The molecule has 82 valence electrons. The van der Waals surface area contributed by atoms with Crippen LogP contribution < -0.4 is 15.9 Å². The van der Waals surface area contributed by atoms with Crippen molar-refractivity contribution in [2.75, 3.05) is 33.0 Å². The minimum atomic E-state index is 0.646. The van der Waals surface area contributed by atoms with Crippen LogP contribution in [0.15, 0.2) is 16.6 Å². The molecule has 15 heavy (non-hydrogen) atoms. The fourth-order valence-corrected chi connectivity index (χ4v) is 1.47. The molecule has 1 aromatic rings. The smallest absolute Gasteiger partial charge is 0.143 e. The van der Waals surface area contributed by atoms with Crippen LogP contribution in [0.4, 0.5) is 5.69 Å². The first kappa shape index (κ1) is 12.4. The molecule has 0 saturated heterocycles. The first-order valence-corrected chi connectivity index (χ1v) is 5.63. The van der Waals surface area contributed by atoms with Crippen LogP contribution in [0.1, 0.15) is 0 Å². The van der Waals surface area contributed by atoms with Gasteiger partial charge in [0.25, 0.3) is 0 Å². The number of ether oxygens (including phenoxy) is 1. The van der Waals surface area contributed by atoms with Gasteiger partial charge in [0.15, 0.2) is 0 Å². The lowest BCUT2D eigenvalue weighted by Gasteiger charge is -2.13. The van der Waals surface area contributed by atoms with E-state index in [1.54, 1.807) is 0 Å². The Morgan fingerprint density at radius 3 is 2.73 bits per heavy atom. The average Bonchev–Trinajstić information content (AvgIpc) is 2.13. The fourth-order valence-electron chi connectivity index (χ4n) is 1.15. The van der Waals surface area contributed by atoms with Crippen LogP contribution in [0.3, 0.4) is 0 Å². The highest BCUT2D eigenvalue weighted by Crippen LogP contribution is 2.23.